The van der Waals surface area contributed by atoms with E-state index in [9.17, 15) is 4.39 Å². The Labute approximate surface area is 144 Å². The van der Waals surface area contributed by atoms with Gasteiger partial charge in [-0.15, -0.1) is 0 Å². The molecule has 0 spiro atoms. The Morgan fingerprint density at radius 2 is 1.86 bits per heavy atom. The SMILES string of the molecule is CCCCOCC(Br)c1cccc(-c2ccccc2Cl)c1F. The van der Waals surface area contributed by atoms with Crippen LogP contribution in [0.25, 0.3) is 11.1 Å². The molecule has 1 unspecified atom stereocenters. The molecule has 2 aromatic rings. The lowest BCUT2D eigenvalue weighted by Crippen LogP contribution is -2.05. The van der Waals surface area contributed by atoms with Crippen LogP contribution in [0.1, 0.15) is 30.2 Å². The van der Waals surface area contributed by atoms with Gasteiger partial charge in [0.15, 0.2) is 0 Å². The van der Waals surface area contributed by atoms with Crippen LogP contribution in [0.4, 0.5) is 4.39 Å². The van der Waals surface area contributed by atoms with Gasteiger partial charge < -0.3 is 4.74 Å². The summed E-state index contributed by atoms with van der Waals surface area (Å²) >= 11 is 9.69. The molecule has 0 aliphatic heterocycles. The lowest BCUT2D eigenvalue weighted by molar-refractivity contribution is 0.133. The molecule has 0 aliphatic rings. The van der Waals surface area contributed by atoms with Gasteiger partial charge in [0.05, 0.1) is 11.4 Å². The molecule has 0 radical (unpaired) electrons. The van der Waals surface area contributed by atoms with Crippen molar-refractivity contribution in [2.45, 2.75) is 24.6 Å². The Kier molecular flexibility index (Phi) is 6.87. The first-order valence-corrected chi connectivity index (χ1v) is 8.69. The average Bonchev–Trinajstić information content (AvgIpc) is 2.52. The number of hydrogen-bond donors (Lipinski definition) is 0. The second-order valence-electron chi connectivity index (χ2n) is 5.08. The van der Waals surface area contributed by atoms with Gasteiger partial charge in [-0.25, -0.2) is 4.39 Å². The number of alkyl halides is 1. The Bertz CT molecular complexity index is 618. The molecule has 1 atom stereocenters. The molecule has 2 aromatic carbocycles. The maximum Gasteiger partial charge on any atom is 0.135 e. The highest BCUT2D eigenvalue weighted by Gasteiger charge is 2.17. The van der Waals surface area contributed by atoms with Gasteiger partial charge in [-0.05, 0) is 12.5 Å². The molecule has 4 heteroatoms. The zero-order valence-electron chi connectivity index (χ0n) is 12.5. The predicted octanol–water partition coefficient (Wildman–Crippen LogP) is 6.40. The molecule has 0 amide bonds. The van der Waals surface area contributed by atoms with Crippen molar-refractivity contribution < 1.29 is 9.13 Å². The number of rotatable bonds is 7. The molecular formula is C18H19BrClFO. The summed E-state index contributed by atoms with van der Waals surface area (Å²) in [5.74, 6) is -0.253. The van der Waals surface area contributed by atoms with Crippen LogP contribution >= 0.6 is 27.5 Å². The minimum absolute atomic E-state index is 0.174. The molecule has 0 bridgehead atoms. The third-order valence-electron chi connectivity index (χ3n) is 3.44. The monoisotopic (exact) mass is 384 g/mol. The van der Waals surface area contributed by atoms with E-state index in [-0.39, 0.29) is 10.6 Å². The molecule has 118 valence electrons. The standard InChI is InChI=1S/C18H19BrClFO/c1-2-3-11-22-12-16(19)15-9-6-8-14(18(15)21)13-7-4-5-10-17(13)20/h4-10,16H,2-3,11-12H2,1H3. The molecule has 0 aromatic heterocycles. The fraction of sp³-hybridized carbons (Fsp3) is 0.333. The van der Waals surface area contributed by atoms with Gasteiger partial charge in [-0.1, -0.05) is 77.3 Å². The van der Waals surface area contributed by atoms with Crippen LogP contribution in [0.3, 0.4) is 0 Å². The summed E-state index contributed by atoms with van der Waals surface area (Å²) in [5.41, 5.74) is 1.81. The van der Waals surface area contributed by atoms with Crippen molar-refractivity contribution in [2.24, 2.45) is 0 Å². The molecule has 0 saturated heterocycles. The fourth-order valence-electron chi connectivity index (χ4n) is 2.20. The molecule has 0 N–H and O–H groups in total. The minimum Gasteiger partial charge on any atom is -0.380 e. The van der Waals surface area contributed by atoms with Crippen LogP contribution in [-0.4, -0.2) is 13.2 Å². The van der Waals surface area contributed by atoms with E-state index in [2.05, 4.69) is 22.9 Å². The average molecular weight is 386 g/mol. The number of ether oxygens (including phenoxy) is 1. The first kappa shape index (κ1) is 17.5. The Morgan fingerprint density at radius 1 is 1.14 bits per heavy atom. The summed E-state index contributed by atoms with van der Waals surface area (Å²) in [6, 6.07) is 12.6. The first-order valence-electron chi connectivity index (χ1n) is 7.40. The van der Waals surface area contributed by atoms with Gasteiger partial charge in [0.25, 0.3) is 0 Å². The third kappa shape index (κ3) is 4.31. The molecule has 22 heavy (non-hydrogen) atoms. The summed E-state index contributed by atoms with van der Waals surface area (Å²) in [7, 11) is 0. The lowest BCUT2D eigenvalue weighted by Gasteiger charge is -2.15. The fourth-order valence-corrected chi connectivity index (χ4v) is 2.98. The van der Waals surface area contributed by atoms with E-state index >= 15 is 0 Å². The normalized spacial score (nSPS) is 12.4. The van der Waals surface area contributed by atoms with E-state index in [1.165, 1.54) is 0 Å². The first-order chi connectivity index (χ1) is 10.6. The van der Waals surface area contributed by atoms with Crippen LogP contribution in [0.15, 0.2) is 42.5 Å². The largest absolute Gasteiger partial charge is 0.380 e. The van der Waals surface area contributed by atoms with Crippen molar-refractivity contribution in [2.75, 3.05) is 13.2 Å². The molecule has 0 heterocycles. The third-order valence-corrected chi connectivity index (χ3v) is 4.52. The highest BCUT2D eigenvalue weighted by molar-refractivity contribution is 9.09. The van der Waals surface area contributed by atoms with Crippen molar-refractivity contribution >= 4 is 27.5 Å². The number of benzene rings is 2. The van der Waals surface area contributed by atoms with Gasteiger partial charge in [0, 0.05) is 28.3 Å². The maximum atomic E-state index is 14.8. The van der Waals surface area contributed by atoms with Gasteiger partial charge in [-0.3, -0.25) is 0 Å². The van der Waals surface area contributed by atoms with E-state index in [1.54, 1.807) is 18.2 Å². The second kappa shape index (κ2) is 8.66. The zero-order valence-corrected chi connectivity index (χ0v) is 14.8. The lowest BCUT2D eigenvalue weighted by atomic mass is 10.0. The Hall–Kier alpha value is -0.900. The number of halogens is 3. The van der Waals surface area contributed by atoms with E-state index in [1.807, 2.05) is 24.3 Å². The highest BCUT2D eigenvalue weighted by atomic mass is 79.9. The number of hydrogen-bond acceptors (Lipinski definition) is 1. The van der Waals surface area contributed by atoms with Crippen molar-refractivity contribution in [1.29, 1.82) is 0 Å². The summed E-state index contributed by atoms with van der Waals surface area (Å²) in [6.07, 6.45) is 2.10. The number of unbranched alkanes of at least 4 members (excludes halogenated alkanes) is 1. The van der Waals surface area contributed by atoms with Crippen LogP contribution in [0.2, 0.25) is 5.02 Å². The molecular weight excluding hydrogens is 367 g/mol. The molecule has 0 saturated carbocycles. The van der Waals surface area contributed by atoms with Crippen LogP contribution in [0, 0.1) is 5.82 Å². The minimum atomic E-state index is -0.253. The van der Waals surface area contributed by atoms with Gasteiger partial charge in [0.2, 0.25) is 0 Å². The van der Waals surface area contributed by atoms with Gasteiger partial charge >= 0.3 is 0 Å². The van der Waals surface area contributed by atoms with Crippen LogP contribution in [0.5, 0.6) is 0 Å². The molecule has 0 fully saturated rings. The molecule has 0 aliphatic carbocycles. The zero-order chi connectivity index (χ0) is 15.9. The van der Waals surface area contributed by atoms with Gasteiger partial charge in [0.1, 0.15) is 5.82 Å². The van der Waals surface area contributed by atoms with E-state index in [0.29, 0.717) is 34.9 Å². The van der Waals surface area contributed by atoms with E-state index in [4.69, 9.17) is 16.3 Å². The summed E-state index contributed by atoms with van der Waals surface area (Å²) < 4.78 is 20.4. The van der Waals surface area contributed by atoms with E-state index in [0.717, 1.165) is 12.8 Å². The quantitative estimate of drug-likeness (QED) is 0.396. The Balaban J connectivity index is 2.21. The van der Waals surface area contributed by atoms with Crippen molar-refractivity contribution in [3.05, 3.63) is 58.9 Å². The summed E-state index contributed by atoms with van der Waals surface area (Å²) in [5, 5.41) is 0.545. The van der Waals surface area contributed by atoms with Crippen molar-refractivity contribution in [1.82, 2.24) is 0 Å². The Morgan fingerprint density at radius 3 is 2.59 bits per heavy atom. The molecule has 1 nitrogen and oxygen atoms in total. The smallest absolute Gasteiger partial charge is 0.135 e. The second-order valence-corrected chi connectivity index (χ2v) is 6.60. The summed E-state index contributed by atoms with van der Waals surface area (Å²) in [4.78, 5) is -0.174. The van der Waals surface area contributed by atoms with Crippen molar-refractivity contribution in [3.8, 4) is 11.1 Å². The molecule has 2 rings (SSSR count). The predicted molar refractivity (Wildman–Crippen MR) is 94.2 cm³/mol. The van der Waals surface area contributed by atoms with Crippen LogP contribution < -0.4 is 0 Å². The maximum absolute atomic E-state index is 14.8. The summed E-state index contributed by atoms with van der Waals surface area (Å²) in [6.45, 7) is 3.26. The van der Waals surface area contributed by atoms with E-state index < -0.39 is 0 Å². The van der Waals surface area contributed by atoms with Gasteiger partial charge in [-0.2, -0.15) is 0 Å². The van der Waals surface area contributed by atoms with Crippen LogP contribution in [-0.2, 0) is 4.74 Å². The topological polar surface area (TPSA) is 9.23 Å². The van der Waals surface area contributed by atoms with Crippen molar-refractivity contribution in [3.63, 3.8) is 0 Å². The highest BCUT2D eigenvalue weighted by Crippen LogP contribution is 2.34.